The molecular formula is C17H14F3N3O5S. The maximum Gasteiger partial charge on any atom is 0.435 e. The van der Waals surface area contributed by atoms with Crippen LogP contribution in [0, 0.1) is 0 Å². The summed E-state index contributed by atoms with van der Waals surface area (Å²) in [5.74, 6) is -1.49. The first kappa shape index (κ1) is 20.6. The molecule has 29 heavy (non-hydrogen) atoms. The Labute approximate surface area is 163 Å². The van der Waals surface area contributed by atoms with E-state index in [1.54, 1.807) is 0 Å². The fraction of sp³-hybridized carbons (Fsp3) is 0.176. The minimum atomic E-state index is -5.47. The van der Waals surface area contributed by atoms with Crippen molar-refractivity contribution in [2.24, 2.45) is 0 Å². The number of nitrogens with zero attached hydrogens (tertiary/aromatic N) is 1. The molecule has 1 saturated heterocycles. The molecule has 154 valence electrons. The van der Waals surface area contributed by atoms with Crippen LogP contribution in [0.4, 0.5) is 23.7 Å². The van der Waals surface area contributed by atoms with Crippen LogP contribution < -0.4 is 19.7 Å². The number of halogens is 3. The van der Waals surface area contributed by atoms with Crippen molar-refractivity contribution in [1.82, 2.24) is 10.0 Å². The van der Waals surface area contributed by atoms with Gasteiger partial charge in [0.1, 0.15) is 5.75 Å². The van der Waals surface area contributed by atoms with E-state index in [-0.39, 0.29) is 10.6 Å². The second-order valence-electron chi connectivity index (χ2n) is 5.94. The number of anilines is 1. The summed E-state index contributed by atoms with van der Waals surface area (Å²) in [6.45, 7) is 0. The standard InChI is InChI=1S/C17H14F3N3O5S/c1-28-12-9-7-11(8-10-12)23-14(24)16(17(18,19)20,21-15(23)25)22-29(26,27)13-5-3-2-4-6-13/h2-10,22H,1H3,(H,21,25)/t16-/m0/s1. The Balaban J connectivity index is 2.05. The molecule has 0 spiro atoms. The SMILES string of the molecule is COc1ccc(N2C(=O)N[C@@](NS(=O)(=O)c3ccccc3)(C(F)(F)F)C2=O)cc1. The summed E-state index contributed by atoms with van der Waals surface area (Å²) in [4.78, 5) is 24.7. The van der Waals surface area contributed by atoms with Crippen LogP contribution in [0.15, 0.2) is 59.5 Å². The number of amides is 3. The molecule has 0 aromatic heterocycles. The first-order chi connectivity index (χ1) is 13.5. The fourth-order valence-corrected chi connectivity index (χ4v) is 3.97. The monoisotopic (exact) mass is 429 g/mol. The maximum atomic E-state index is 13.9. The van der Waals surface area contributed by atoms with Crippen molar-refractivity contribution in [3.63, 3.8) is 0 Å². The third kappa shape index (κ3) is 3.51. The highest BCUT2D eigenvalue weighted by Crippen LogP contribution is 2.37. The van der Waals surface area contributed by atoms with Gasteiger partial charge in [0.2, 0.25) is 10.0 Å². The molecule has 3 amide bonds. The lowest BCUT2D eigenvalue weighted by molar-refractivity contribution is -0.194. The van der Waals surface area contributed by atoms with Gasteiger partial charge < -0.3 is 10.1 Å². The number of hydrogen-bond acceptors (Lipinski definition) is 5. The molecule has 1 aliphatic heterocycles. The quantitative estimate of drug-likeness (QED) is 0.708. The minimum Gasteiger partial charge on any atom is -0.497 e. The largest absolute Gasteiger partial charge is 0.497 e. The predicted octanol–water partition coefficient (Wildman–Crippen LogP) is 1.99. The van der Waals surface area contributed by atoms with Crippen molar-refractivity contribution >= 4 is 27.6 Å². The minimum absolute atomic E-state index is 0.196. The Bertz CT molecular complexity index is 1040. The molecule has 0 unspecified atom stereocenters. The topological polar surface area (TPSA) is 105 Å². The average molecular weight is 429 g/mol. The number of nitrogens with one attached hydrogen (secondary N) is 2. The molecule has 1 aliphatic rings. The van der Waals surface area contributed by atoms with E-state index in [4.69, 9.17) is 4.74 Å². The molecule has 2 N–H and O–H groups in total. The molecule has 0 radical (unpaired) electrons. The van der Waals surface area contributed by atoms with Gasteiger partial charge in [-0.25, -0.2) is 18.1 Å². The highest BCUT2D eigenvalue weighted by Gasteiger charge is 2.69. The number of ether oxygens (including phenoxy) is 1. The molecule has 2 aromatic carbocycles. The normalized spacial score (nSPS) is 19.9. The molecule has 1 heterocycles. The summed E-state index contributed by atoms with van der Waals surface area (Å²) >= 11 is 0. The van der Waals surface area contributed by atoms with E-state index >= 15 is 0 Å². The second-order valence-corrected chi connectivity index (χ2v) is 7.62. The van der Waals surface area contributed by atoms with Crippen LogP contribution in [0.1, 0.15) is 0 Å². The molecule has 0 saturated carbocycles. The lowest BCUT2D eigenvalue weighted by Crippen LogP contribution is -2.69. The number of rotatable bonds is 5. The number of urea groups is 1. The van der Waals surface area contributed by atoms with Crippen molar-refractivity contribution in [3.05, 3.63) is 54.6 Å². The third-order valence-electron chi connectivity index (χ3n) is 4.12. The lowest BCUT2D eigenvalue weighted by Gasteiger charge is -2.29. The number of carbonyl (C=O) groups excluding carboxylic acids is 2. The number of methoxy groups -OCH3 is 1. The first-order valence-electron chi connectivity index (χ1n) is 7.98. The van der Waals surface area contributed by atoms with Gasteiger partial charge in [0.05, 0.1) is 17.7 Å². The zero-order valence-corrected chi connectivity index (χ0v) is 15.5. The predicted molar refractivity (Wildman–Crippen MR) is 94.6 cm³/mol. The van der Waals surface area contributed by atoms with Gasteiger partial charge in [0, 0.05) is 0 Å². The van der Waals surface area contributed by atoms with Crippen molar-refractivity contribution in [2.75, 3.05) is 12.0 Å². The van der Waals surface area contributed by atoms with Crippen LogP contribution in [-0.2, 0) is 14.8 Å². The second kappa shape index (κ2) is 7.04. The first-order valence-corrected chi connectivity index (χ1v) is 9.47. The summed E-state index contributed by atoms with van der Waals surface area (Å²) < 4.78 is 72.8. The van der Waals surface area contributed by atoms with Crippen LogP contribution >= 0.6 is 0 Å². The van der Waals surface area contributed by atoms with E-state index in [2.05, 4.69) is 0 Å². The van der Waals surface area contributed by atoms with Crippen molar-refractivity contribution < 1.29 is 35.9 Å². The van der Waals surface area contributed by atoms with Crippen LogP contribution in [-0.4, -0.2) is 39.3 Å². The Kier molecular flexibility index (Phi) is 5.01. The van der Waals surface area contributed by atoms with Crippen LogP contribution in [0.2, 0.25) is 0 Å². The Morgan fingerprint density at radius 2 is 1.62 bits per heavy atom. The number of alkyl halides is 3. The highest BCUT2D eigenvalue weighted by atomic mass is 32.2. The number of carbonyl (C=O) groups is 2. The molecule has 12 heteroatoms. The molecule has 0 bridgehead atoms. The van der Waals surface area contributed by atoms with Gasteiger partial charge >= 0.3 is 12.2 Å². The Hall–Kier alpha value is -3.12. The fourth-order valence-electron chi connectivity index (χ4n) is 2.67. The van der Waals surface area contributed by atoms with Crippen molar-refractivity contribution in [2.45, 2.75) is 16.7 Å². The van der Waals surface area contributed by atoms with Crippen LogP contribution in [0.3, 0.4) is 0 Å². The van der Waals surface area contributed by atoms with E-state index in [0.717, 1.165) is 12.1 Å². The van der Waals surface area contributed by atoms with Gasteiger partial charge in [-0.1, -0.05) is 18.2 Å². The van der Waals surface area contributed by atoms with E-state index in [9.17, 15) is 31.2 Å². The van der Waals surface area contributed by atoms with Crippen molar-refractivity contribution in [3.8, 4) is 5.75 Å². The Morgan fingerprint density at radius 3 is 2.14 bits per heavy atom. The zero-order chi connectivity index (χ0) is 21.4. The molecular weight excluding hydrogens is 415 g/mol. The summed E-state index contributed by atoms with van der Waals surface area (Å²) in [5, 5.41) is 1.45. The average Bonchev–Trinajstić information content (AvgIpc) is 2.92. The summed E-state index contributed by atoms with van der Waals surface area (Å²) in [6, 6.07) is 9.77. The van der Waals surface area contributed by atoms with Gasteiger partial charge in [-0.05, 0) is 36.4 Å². The molecule has 3 rings (SSSR count). The number of sulfonamides is 1. The molecule has 1 atom stereocenters. The van der Waals surface area contributed by atoms with Gasteiger partial charge in [0.15, 0.2) is 0 Å². The number of benzene rings is 2. The van der Waals surface area contributed by atoms with Crippen LogP contribution in [0.25, 0.3) is 0 Å². The van der Waals surface area contributed by atoms with Gasteiger partial charge in [-0.3, -0.25) is 4.79 Å². The number of hydrogen-bond donors (Lipinski definition) is 2. The van der Waals surface area contributed by atoms with E-state index < -0.39 is 38.7 Å². The number of imide groups is 1. The highest BCUT2D eigenvalue weighted by molar-refractivity contribution is 7.89. The maximum absolute atomic E-state index is 13.9. The van der Waals surface area contributed by atoms with Crippen LogP contribution in [0.5, 0.6) is 5.75 Å². The van der Waals surface area contributed by atoms with E-state index in [1.807, 2.05) is 0 Å². The Morgan fingerprint density at radius 1 is 1.03 bits per heavy atom. The van der Waals surface area contributed by atoms with Crippen molar-refractivity contribution in [1.29, 1.82) is 0 Å². The molecule has 0 aliphatic carbocycles. The lowest BCUT2D eigenvalue weighted by atomic mass is 10.1. The molecule has 1 fully saturated rings. The van der Waals surface area contributed by atoms with E-state index in [0.29, 0.717) is 5.75 Å². The molecule has 2 aromatic rings. The third-order valence-corrected chi connectivity index (χ3v) is 5.59. The van der Waals surface area contributed by atoms with Gasteiger partial charge in [-0.2, -0.15) is 17.9 Å². The summed E-state index contributed by atoms with van der Waals surface area (Å²) in [6.07, 6.45) is -5.47. The smallest absolute Gasteiger partial charge is 0.435 e. The zero-order valence-electron chi connectivity index (χ0n) is 14.7. The van der Waals surface area contributed by atoms with Gasteiger partial charge in [0.25, 0.3) is 11.6 Å². The van der Waals surface area contributed by atoms with E-state index in [1.165, 1.54) is 59.6 Å². The van der Waals surface area contributed by atoms with Gasteiger partial charge in [-0.15, -0.1) is 0 Å². The molecule has 8 nitrogen and oxygen atoms in total. The summed E-state index contributed by atoms with van der Waals surface area (Å²) in [5.41, 5.74) is -4.06. The summed E-state index contributed by atoms with van der Waals surface area (Å²) in [7, 11) is -3.45.